The zero-order chi connectivity index (χ0) is 13.9. The Balaban J connectivity index is 3.23. The summed E-state index contributed by atoms with van der Waals surface area (Å²) < 4.78 is 38.8. The normalized spacial score (nSPS) is 13.3. The van der Waals surface area contributed by atoms with Crippen molar-refractivity contribution in [2.75, 3.05) is 6.61 Å². The molecule has 0 amide bonds. The number of non-ortho nitro benzene ring substituents is 1. The molecule has 0 unspecified atom stereocenters. The van der Waals surface area contributed by atoms with E-state index in [-0.39, 0.29) is 0 Å². The maximum Gasteiger partial charge on any atom is 0.270 e. The number of nitrogens with one attached hydrogen (secondary N) is 1. The van der Waals surface area contributed by atoms with Crippen LogP contribution in [0, 0.1) is 15.9 Å². The molecule has 1 aromatic rings. The number of hydrogen-bond donors (Lipinski definition) is 2. The standard InChI is InChI=1S/C9H11FN2O5S/c1-6(5-13)11-18(16,17)9-4-7(12(14)15)2-3-8(9)10/h2-4,6,11,13H,5H2,1H3/t6-/m1/s1. The zero-order valence-corrected chi connectivity index (χ0v) is 10.1. The minimum absolute atomic E-state index is 0.476. The Kier molecular flexibility index (Phi) is 4.33. The maximum atomic E-state index is 13.4. The summed E-state index contributed by atoms with van der Waals surface area (Å²) in [6, 6.07) is 1.37. The van der Waals surface area contributed by atoms with E-state index in [1.54, 1.807) is 0 Å². The van der Waals surface area contributed by atoms with Crippen molar-refractivity contribution in [2.45, 2.75) is 17.9 Å². The van der Waals surface area contributed by atoms with Gasteiger partial charge in [-0.1, -0.05) is 0 Å². The molecule has 0 aromatic heterocycles. The molecule has 1 rings (SSSR count). The van der Waals surface area contributed by atoms with E-state index in [0.717, 1.165) is 6.07 Å². The van der Waals surface area contributed by atoms with Gasteiger partial charge in [0.2, 0.25) is 10.0 Å². The van der Waals surface area contributed by atoms with Crippen LogP contribution in [-0.2, 0) is 10.0 Å². The summed E-state index contributed by atoms with van der Waals surface area (Å²) >= 11 is 0. The molecule has 0 spiro atoms. The van der Waals surface area contributed by atoms with Crippen LogP contribution in [0.25, 0.3) is 0 Å². The molecule has 0 saturated carbocycles. The highest BCUT2D eigenvalue weighted by Crippen LogP contribution is 2.21. The summed E-state index contributed by atoms with van der Waals surface area (Å²) in [6.45, 7) is 0.891. The van der Waals surface area contributed by atoms with Gasteiger partial charge >= 0.3 is 0 Å². The van der Waals surface area contributed by atoms with Gasteiger partial charge in [-0.25, -0.2) is 17.5 Å². The number of aliphatic hydroxyl groups is 1. The van der Waals surface area contributed by atoms with Crippen LogP contribution in [0.1, 0.15) is 6.92 Å². The highest BCUT2D eigenvalue weighted by atomic mass is 32.2. The van der Waals surface area contributed by atoms with E-state index in [4.69, 9.17) is 5.11 Å². The molecule has 0 fully saturated rings. The number of sulfonamides is 1. The first-order valence-corrected chi connectivity index (χ1v) is 6.33. The highest BCUT2D eigenvalue weighted by Gasteiger charge is 2.23. The molecule has 9 heteroatoms. The van der Waals surface area contributed by atoms with Crippen molar-refractivity contribution in [3.63, 3.8) is 0 Å². The lowest BCUT2D eigenvalue weighted by Crippen LogP contribution is -2.35. The SMILES string of the molecule is C[C@H](CO)NS(=O)(=O)c1cc([N+](=O)[O-])ccc1F. The van der Waals surface area contributed by atoms with Crippen molar-refractivity contribution >= 4 is 15.7 Å². The molecule has 0 aliphatic rings. The predicted molar refractivity (Wildman–Crippen MR) is 59.9 cm³/mol. The lowest BCUT2D eigenvalue weighted by molar-refractivity contribution is -0.385. The van der Waals surface area contributed by atoms with Gasteiger partial charge in [-0.3, -0.25) is 10.1 Å². The second-order valence-electron chi connectivity index (χ2n) is 3.58. The Morgan fingerprint density at radius 3 is 2.67 bits per heavy atom. The molecular weight excluding hydrogens is 267 g/mol. The van der Waals surface area contributed by atoms with Crippen LogP contribution >= 0.6 is 0 Å². The highest BCUT2D eigenvalue weighted by molar-refractivity contribution is 7.89. The number of aliphatic hydroxyl groups excluding tert-OH is 1. The van der Waals surface area contributed by atoms with E-state index in [2.05, 4.69) is 0 Å². The number of rotatable bonds is 5. The Labute approximate surface area is 102 Å². The molecule has 0 radical (unpaired) electrons. The first kappa shape index (κ1) is 14.5. The van der Waals surface area contributed by atoms with Gasteiger partial charge in [-0.15, -0.1) is 0 Å². The minimum atomic E-state index is -4.25. The second-order valence-corrected chi connectivity index (χ2v) is 5.26. The van der Waals surface area contributed by atoms with E-state index in [1.807, 2.05) is 4.72 Å². The number of hydrogen-bond acceptors (Lipinski definition) is 5. The van der Waals surface area contributed by atoms with Crippen molar-refractivity contribution in [3.8, 4) is 0 Å². The fraction of sp³-hybridized carbons (Fsp3) is 0.333. The van der Waals surface area contributed by atoms with Crippen molar-refractivity contribution < 1.29 is 22.8 Å². The van der Waals surface area contributed by atoms with Crippen molar-refractivity contribution in [1.82, 2.24) is 4.72 Å². The van der Waals surface area contributed by atoms with E-state index in [9.17, 15) is 22.9 Å². The molecule has 100 valence electrons. The van der Waals surface area contributed by atoms with Crippen LogP contribution in [0.2, 0.25) is 0 Å². The van der Waals surface area contributed by atoms with Crippen molar-refractivity contribution in [2.24, 2.45) is 0 Å². The molecule has 1 atom stereocenters. The topological polar surface area (TPSA) is 110 Å². The quantitative estimate of drug-likeness (QED) is 0.598. The Hall–Kier alpha value is -1.58. The minimum Gasteiger partial charge on any atom is -0.395 e. The summed E-state index contributed by atoms with van der Waals surface area (Å²) in [5.74, 6) is -1.10. The average Bonchev–Trinajstić information content (AvgIpc) is 2.28. The fourth-order valence-corrected chi connectivity index (χ4v) is 2.51. The van der Waals surface area contributed by atoms with Gasteiger partial charge in [0, 0.05) is 18.2 Å². The van der Waals surface area contributed by atoms with Crippen LogP contribution in [0.5, 0.6) is 0 Å². The molecule has 0 aliphatic heterocycles. The number of halogens is 1. The van der Waals surface area contributed by atoms with Crippen LogP contribution < -0.4 is 4.72 Å². The first-order valence-electron chi connectivity index (χ1n) is 4.85. The van der Waals surface area contributed by atoms with Gasteiger partial charge in [0.15, 0.2) is 0 Å². The third kappa shape index (κ3) is 3.22. The van der Waals surface area contributed by atoms with Crippen molar-refractivity contribution in [1.29, 1.82) is 0 Å². The fourth-order valence-electron chi connectivity index (χ4n) is 1.18. The third-order valence-corrected chi connectivity index (χ3v) is 3.65. The van der Waals surface area contributed by atoms with E-state index in [0.29, 0.717) is 12.1 Å². The van der Waals surface area contributed by atoms with Gasteiger partial charge in [-0.2, -0.15) is 0 Å². The molecular formula is C9H11FN2O5S. The Morgan fingerprint density at radius 2 is 2.17 bits per heavy atom. The molecule has 0 aliphatic carbocycles. The van der Waals surface area contributed by atoms with Gasteiger partial charge in [0.1, 0.15) is 10.7 Å². The summed E-state index contributed by atoms with van der Waals surface area (Å²) in [5, 5.41) is 19.2. The average molecular weight is 278 g/mol. The third-order valence-electron chi connectivity index (χ3n) is 2.05. The maximum absolute atomic E-state index is 13.4. The summed E-state index contributed by atoms with van der Waals surface area (Å²) in [5.41, 5.74) is -0.534. The molecule has 0 bridgehead atoms. The Bertz CT molecular complexity index is 560. The zero-order valence-electron chi connectivity index (χ0n) is 9.33. The van der Waals surface area contributed by atoms with Gasteiger partial charge < -0.3 is 5.11 Å². The molecule has 0 heterocycles. The lowest BCUT2D eigenvalue weighted by Gasteiger charge is -2.11. The molecule has 7 nitrogen and oxygen atoms in total. The monoisotopic (exact) mass is 278 g/mol. The van der Waals surface area contributed by atoms with Crippen LogP contribution in [0.4, 0.5) is 10.1 Å². The number of benzene rings is 1. The first-order chi connectivity index (χ1) is 8.27. The van der Waals surface area contributed by atoms with Gasteiger partial charge in [0.25, 0.3) is 5.69 Å². The van der Waals surface area contributed by atoms with Crippen LogP contribution in [-0.4, -0.2) is 31.1 Å². The van der Waals surface area contributed by atoms with Crippen LogP contribution in [0.3, 0.4) is 0 Å². The largest absolute Gasteiger partial charge is 0.395 e. The van der Waals surface area contributed by atoms with Gasteiger partial charge in [0.05, 0.1) is 11.5 Å². The van der Waals surface area contributed by atoms with Crippen molar-refractivity contribution in [3.05, 3.63) is 34.1 Å². The predicted octanol–water partition coefficient (Wildman–Crippen LogP) is 0.393. The summed E-state index contributed by atoms with van der Waals surface area (Å²) in [4.78, 5) is 8.85. The summed E-state index contributed by atoms with van der Waals surface area (Å²) in [6.07, 6.45) is 0. The Morgan fingerprint density at radius 1 is 1.56 bits per heavy atom. The van der Waals surface area contributed by atoms with Crippen LogP contribution in [0.15, 0.2) is 23.1 Å². The molecule has 2 N–H and O–H groups in total. The van der Waals surface area contributed by atoms with Gasteiger partial charge in [-0.05, 0) is 13.0 Å². The second kappa shape index (κ2) is 5.38. The summed E-state index contributed by atoms with van der Waals surface area (Å²) in [7, 11) is -4.25. The van der Waals surface area contributed by atoms with E-state index < -0.39 is 44.0 Å². The number of nitro benzene ring substituents is 1. The molecule has 0 saturated heterocycles. The van der Waals surface area contributed by atoms with E-state index >= 15 is 0 Å². The van der Waals surface area contributed by atoms with E-state index in [1.165, 1.54) is 6.92 Å². The number of nitrogens with zero attached hydrogens (tertiary/aromatic N) is 1. The molecule has 18 heavy (non-hydrogen) atoms. The number of nitro groups is 1. The lowest BCUT2D eigenvalue weighted by atomic mass is 10.3. The molecule has 1 aromatic carbocycles. The smallest absolute Gasteiger partial charge is 0.270 e.